The number of aromatic nitrogens is 3. The van der Waals surface area contributed by atoms with E-state index in [0.29, 0.717) is 0 Å². The first-order valence-corrected chi connectivity index (χ1v) is 5.17. The van der Waals surface area contributed by atoms with Crippen LogP contribution in [-0.2, 0) is 4.74 Å². The highest BCUT2D eigenvalue weighted by Crippen LogP contribution is 2.26. The standard InChI is InChI=1S/C9H13N3O5/c1-4-8(15)10-9(16)12(11-4)7-2-5(14)6(3-13)17-7/h5-7,13-14H,2-3H2,1H3,(H,10,15,16)/t5-,6+,7-/m0/s1. The van der Waals surface area contributed by atoms with Crippen LogP contribution in [0, 0.1) is 6.92 Å². The average Bonchev–Trinajstić information content (AvgIpc) is 2.65. The van der Waals surface area contributed by atoms with Crippen LogP contribution in [-0.4, -0.2) is 43.8 Å². The summed E-state index contributed by atoms with van der Waals surface area (Å²) in [7, 11) is 0. The largest absolute Gasteiger partial charge is 0.394 e. The van der Waals surface area contributed by atoms with Crippen LogP contribution < -0.4 is 11.2 Å². The maximum atomic E-state index is 11.5. The number of ether oxygens (including phenoxy) is 1. The number of nitrogens with zero attached hydrogens (tertiary/aromatic N) is 2. The van der Waals surface area contributed by atoms with Gasteiger partial charge in [-0.1, -0.05) is 0 Å². The number of hydrogen-bond donors (Lipinski definition) is 3. The number of aliphatic hydroxyl groups excluding tert-OH is 2. The summed E-state index contributed by atoms with van der Waals surface area (Å²) in [5.41, 5.74) is -1.12. The minimum absolute atomic E-state index is 0.134. The van der Waals surface area contributed by atoms with Crippen molar-refractivity contribution in [2.45, 2.75) is 31.8 Å². The molecular formula is C9H13N3O5. The van der Waals surface area contributed by atoms with Crippen LogP contribution >= 0.6 is 0 Å². The molecule has 0 radical (unpaired) electrons. The van der Waals surface area contributed by atoms with Crippen molar-refractivity contribution in [3.05, 3.63) is 26.5 Å². The Morgan fingerprint density at radius 2 is 2.29 bits per heavy atom. The summed E-state index contributed by atoms with van der Waals surface area (Å²) in [6.07, 6.45) is -2.22. The summed E-state index contributed by atoms with van der Waals surface area (Å²) >= 11 is 0. The molecule has 0 aliphatic carbocycles. The van der Waals surface area contributed by atoms with Gasteiger partial charge in [-0.15, -0.1) is 0 Å². The van der Waals surface area contributed by atoms with E-state index < -0.39 is 29.7 Å². The number of H-pyrrole nitrogens is 1. The molecule has 0 bridgehead atoms. The van der Waals surface area contributed by atoms with Crippen LogP contribution in [0.1, 0.15) is 18.3 Å². The van der Waals surface area contributed by atoms with E-state index in [1.165, 1.54) is 6.92 Å². The summed E-state index contributed by atoms with van der Waals surface area (Å²) in [4.78, 5) is 24.7. The Bertz CT molecular complexity index is 522. The molecule has 0 saturated carbocycles. The number of hydrogen-bond acceptors (Lipinski definition) is 6. The van der Waals surface area contributed by atoms with Crippen molar-refractivity contribution in [1.29, 1.82) is 0 Å². The highest BCUT2D eigenvalue weighted by Gasteiger charge is 2.35. The lowest BCUT2D eigenvalue weighted by Crippen LogP contribution is -2.36. The summed E-state index contributed by atoms with van der Waals surface area (Å²) in [6.45, 7) is 1.12. The molecule has 1 saturated heterocycles. The Morgan fingerprint density at radius 3 is 2.88 bits per heavy atom. The summed E-state index contributed by atoms with van der Waals surface area (Å²) in [5.74, 6) is 0. The van der Waals surface area contributed by atoms with Crippen LogP contribution in [0.15, 0.2) is 9.59 Å². The Kier molecular flexibility index (Phi) is 3.09. The van der Waals surface area contributed by atoms with Gasteiger partial charge in [-0.05, 0) is 6.92 Å². The maximum absolute atomic E-state index is 11.5. The van der Waals surface area contributed by atoms with Crippen molar-refractivity contribution >= 4 is 0 Å². The molecular weight excluding hydrogens is 230 g/mol. The number of rotatable bonds is 2. The second kappa shape index (κ2) is 4.40. The topological polar surface area (TPSA) is 117 Å². The van der Waals surface area contributed by atoms with E-state index in [1.54, 1.807) is 0 Å². The second-order valence-corrected chi connectivity index (χ2v) is 3.90. The summed E-state index contributed by atoms with van der Waals surface area (Å²) < 4.78 is 6.23. The van der Waals surface area contributed by atoms with E-state index in [1.807, 2.05) is 0 Å². The van der Waals surface area contributed by atoms with Gasteiger partial charge in [0.15, 0.2) is 6.23 Å². The van der Waals surface area contributed by atoms with Crippen molar-refractivity contribution in [2.24, 2.45) is 0 Å². The van der Waals surface area contributed by atoms with Gasteiger partial charge in [0.05, 0.1) is 12.7 Å². The Labute approximate surface area is 95.5 Å². The molecule has 3 N–H and O–H groups in total. The highest BCUT2D eigenvalue weighted by molar-refractivity contribution is 4.89. The van der Waals surface area contributed by atoms with E-state index >= 15 is 0 Å². The van der Waals surface area contributed by atoms with Gasteiger partial charge in [0.25, 0.3) is 5.56 Å². The first-order valence-electron chi connectivity index (χ1n) is 5.17. The van der Waals surface area contributed by atoms with Crippen molar-refractivity contribution < 1.29 is 14.9 Å². The zero-order valence-corrected chi connectivity index (χ0v) is 9.16. The van der Waals surface area contributed by atoms with Gasteiger partial charge in [-0.3, -0.25) is 9.78 Å². The molecule has 3 atom stereocenters. The molecule has 1 fully saturated rings. The van der Waals surface area contributed by atoms with Gasteiger partial charge in [-0.25, -0.2) is 4.79 Å². The average molecular weight is 243 g/mol. The quantitative estimate of drug-likeness (QED) is 0.546. The van der Waals surface area contributed by atoms with Crippen LogP contribution in [0.4, 0.5) is 0 Å². The lowest BCUT2D eigenvalue weighted by atomic mass is 10.2. The third kappa shape index (κ3) is 2.14. The fraction of sp³-hybridized carbons (Fsp3) is 0.667. The second-order valence-electron chi connectivity index (χ2n) is 3.90. The fourth-order valence-electron chi connectivity index (χ4n) is 1.72. The molecule has 1 aliphatic rings. The van der Waals surface area contributed by atoms with E-state index in [0.717, 1.165) is 4.68 Å². The molecule has 2 heterocycles. The van der Waals surface area contributed by atoms with E-state index in [9.17, 15) is 14.7 Å². The van der Waals surface area contributed by atoms with Gasteiger partial charge in [0, 0.05) is 6.42 Å². The van der Waals surface area contributed by atoms with Gasteiger partial charge < -0.3 is 14.9 Å². The molecule has 0 aromatic carbocycles. The normalized spacial score (nSPS) is 28.5. The summed E-state index contributed by atoms with van der Waals surface area (Å²) in [6, 6.07) is 0. The van der Waals surface area contributed by atoms with Crippen LogP contribution in [0.3, 0.4) is 0 Å². The Morgan fingerprint density at radius 1 is 1.59 bits per heavy atom. The smallest absolute Gasteiger partial charge is 0.347 e. The van der Waals surface area contributed by atoms with Crippen molar-refractivity contribution in [1.82, 2.24) is 14.8 Å². The molecule has 1 aliphatic heterocycles. The third-order valence-electron chi connectivity index (χ3n) is 2.67. The van der Waals surface area contributed by atoms with Gasteiger partial charge in [0.1, 0.15) is 11.8 Å². The molecule has 94 valence electrons. The van der Waals surface area contributed by atoms with Gasteiger partial charge in [-0.2, -0.15) is 9.78 Å². The van der Waals surface area contributed by atoms with Crippen LogP contribution in [0.5, 0.6) is 0 Å². The highest BCUT2D eigenvalue weighted by atomic mass is 16.5. The molecule has 0 amide bonds. The third-order valence-corrected chi connectivity index (χ3v) is 2.67. The lowest BCUT2D eigenvalue weighted by Gasteiger charge is -2.13. The van der Waals surface area contributed by atoms with E-state index in [2.05, 4.69) is 10.1 Å². The predicted octanol–water partition coefficient (Wildman–Crippen LogP) is -2.12. The van der Waals surface area contributed by atoms with Gasteiger partial charge >= 0.3 is 5.69 Å². The van der Waals surface area contributed by atoms with Crippen LogP contribution in [0.2, 0.25) is 0 Å². The van der Waals surface area contributed by atoms with Crippen LogP contribution in [0.25, 0.3) is 0 Å². The summed E-state index contributed by atoms with van der Waals surface area (Å²) in [5, 5.41) is 22.3. The molecule has 1 aromatic rings. The fourth-order valence-corrected chi connectivity index (χ4v) is 1.72. The predicted molar refractivity (Wildman–Crippen MR) is 55.5 cm³/mol. The first kappa shape index (κ1) is 12.0. The zero-order valence-electron chi connectivity index (χ0n) is 9.16. The van der Waals surface area contributed by atoms with E-state index in [-0.39, 0.29) is 18.7 Å². The monoisotopic (exact) mass is 243 g/mol. The van der Waals surface area contributed by atoms with Crippen molar-refractivity contribution in [2.75, 3.05) is 6.61 Å². The van der Waals surface area contributed by atoms with E-state index in [4.69, 9.17) is 9.84 Å². The minimum Gasteiger partial charge on any atom is -0.394 e. The van der Waals surface area contributed by atoms with Gasteiger partial charge in [0.2, 0.25) is 0 Å². The molecule has 8 heteroatoms. The zero-order chi connectivity index (χ0) is 12.6. The van der Waals surface area contributed by atoms with Crippen molar-refractivity contribution in [3.8, 4) is 0 Å². The molecule has 1 aromatic heterocycles. The first-order chi connectivity index (χ1) is 8.02. The number of aryl methyl sites for hydroxylation is 1. The Hall–Kier alpha value is -1.51. The molecule has 8 nitrogen and oxygen atoms in total. The number of nitrogens with one attached hydrogen (secondary N) is 1. The lowest BCUT2D eigenvalue weighted by molar-refractivity contribution is -0.0508. The minimum atomic E-state index is -0.856. The molecule has 0 spiro atoms. The van der Waals surface area contributed by atoms with Crippen molar-refractivity contribution in [3.63, 3.8) is 0 Å². The maximum Gasteiger partial charge on any atom is 0.347 e. The number of aliphatic hydroxyl groups is 2. The Balaban J connectivity index is 2.34. The molecule has 0 unspecified atom stereocenters. The SMILES string of the molecule is Cc1nn([C@@H]2C[C@H](O)[C@@H](CO)O2)c(=O)[nH]c1=O. The molecule has 2 rings (SSSR count). The number of aromatic amines is 1. The molecule has 17 heavy (non-hydrogen) atoms.